The van der Waals surface area contributed by atoms with E-state index in [0.717, 1.165) is 0 Å². The van der Waals surface area contributed by atoms with E-state index in [1.165, 1.54) is 24.3 Å². The van der Waals surface area contributed by atoms with Crippen molar-refractivity contribution < 1.29 is 22.6 Å². The summed E-state index contributed by atoms with van der Waals surface area (Å²) in [5.41, 5.74) is 0.0915. The molecule has 0 spiro atoms. The van der Waals surface area contributed by atoms with Gasteiger partial charge in [0.25, 0.3) is 0 Å². The highest BCUT2D eigenvalue weighted by atomic mass is 35.5. The standard InChI is InChI=1S/C11H10ClF3O2/c12-8-3-1-7(2-4-8)9(11(13,14)15)10-16-5-6-17-10/h1-4,9-10H,5-6H2/t9-/m1/s1. The third-order valence-electron chi connectivity index (χ3n) is 2.50. The van der Waals surface area contributed by atoms with Gasteiger partial charge in [-0.15, -0.1) is 0 Å². The second-order valence-corrected chi connectivity index (χ2v) is 4.12. The van der Waals surface area contributed by atoms with Gasteiger partial charge in [-0.25, -0.2) is 0 Å². The summed E-state index contributed by atoms with van der Waals surface area (Å²) in [7, 11) is 0. The second-order valence-electron chi connectivity index (χ2n) is 3.68. The van der Waals surface area contributed by atoms with E-state index in [4.69, 9.17) is 21.1 Å². The quantitative estimate of drug-likeness (QED) is 0.817. The average Bonchev–Trinajstić information content (AvgIpc) is 2.72. The van der Waals surface area contributed by atoms with Crippen molar-refractivity contribution in [1.29, 1.82) is 0 Å². The SMILES string of the molecule is FC(F)(F)[C@H](c1ccc(Cl)cc1)C1OCCO1. The van der Waals surface area contributed by atoms with Crippen LogP contribution >= 0.6 is 11.6 Å². The molecular weight excluding hydrogens is 257 g/mol. The Kier molecular flexibility index (Phi) is 3.61. The smallest absolute Gasteiger partial charge is 0.349 e. The number of halogens is 4. The molecule has 1 aliphatic rings. The van der Waals surface area contributed by atoms with Gasteiger partial charge < -0.3 is 9.47 Å². The van der Waals surface area contributed by atoms with Crippen LogP contribution in [0.5, 0.6) is 0 Å². The molecule has 94 valence electrons. The first kappa shape index (κ1) is 12.7. The third kappa shape index (κ3) is 2.91. The maximum Gasteiger partial charge on any atom is 0.400 e. The molecule has 1 aliphatic heterocycles. The molecule has 0 aliphatic carbocycles. The number of benzene rings is 1. The largest absolute Gasteiger partial charge is 0.400 e. The Hall–Kier alpha value is -0.780. The summed E-state index contributed by atoms with van der Waals surface area (Å²) in [5.74, 6) is -1.78. The minimum absolute atomic E-state index is 0.0915. The molecule has 1 heterocycles. The molecule has 0 saturated carbocycles. The fourth-order valence-electron chi connectivity index (χ4n) is 1.74. The first-order chi connectivity index (χ1) is 7.98. The molecule has 17 heavy (non-hydrogen) atoms. The third-order valence-corrected chi connectivity index (χ3v) is 2.75. The van der Waals surface area contributed by atoms with Crippen LogP contribution in [0.2, 0.25) is 5.02 Å². The Morgan fingerprint density at radius 1 is 1.12 bits per heavy atom. The van der Waals surface area contributed by atoms with E-state index in [1.54, 1.807) is 0 Å². The monoisotopic (exact) mass is 266 g/mol. The fraction of sp³-hybridized carbons (Fsp3) is 0.455. The Bertz CT molecular complexity index is 371. The predicted octanol–water partition coefficient (Wildman–Crippen LogP) is 3.36. The zero-order valence-corrected chi connectivity index (χ0v) is 9.46. The van der Waals surface area contributed by atoms with Crippen molar-refractivity contribution in [3.8, 4) is 0 Å². The molecule has 1 atom stereocenters. The lowest BCUT2D eigenvalue weighted by atomic mass is 9.98. The van der Waals surface area contributed by atoms with Crippen LogP contribution in [0.25, 0.3) is 0 Å². The molecule has 0 bridgehead atoms. The van der Waals surface area contributed by atoms with Gasteiger partial charge in [0.05, 0.1) is 13.2 Å². The molecule has 0 radical (unpaired) electrons. The maximum absolute atomic E-state index is 13.0. The van der Waals surface area contributed by atoms with Crippen molar-refractivity contribution in [2.45, 2.75) is 18.4 Å². The highest BCUT2D eigenvalue weighted by Gasteiger charge is 2.48. The normalized spacial score (nSPS) is 19.5. The molecule has 1 aromatic rings. The first-order valence-electron chi connectivity index (χ1n) is 5.04. The fourth-order valence-corrected chi connectivity index (χ4v) is 1.87. The molecule has 2 nitrogen and oxygen atoms in total. The number of rotatable bonds is 2. The Morgan fingerprint density at radius 2 is 1.65 bits per heavy atom. The zero-order valence-electron chi connectivity index (χ0n) is 8.71. The molecule has 1 saturated heterocycles. The zero-order chi connectivity index (χ0) is 12.5. The van der Waals surface area contributed by atoms with Crippen LogP contribution in [0.15, 0.2) is 24.3 Å². The van der Waals surface area contributed by atoms with Crippen LogP contribution in [0, 0.1) is 0 Å². The van der Waals surface area contributed by atoms with Crippen molar-refractivity contribution in [2.75, 3.05) is 13.2 Å². The number of alkyl halides is 3. The molecular formula is C11H10ClF3O2. The van der Waals surface area contributed by atoms with Gasteiger partial charge in [0, 0.05) is 5.02 Å². The van der Waals surface area contributed by atoms with E-state index in [1.807, 2.05) is 0 Å². The van der Waals surface area contributed by atoms with Crippen LogP contribution in [0.3, 0.4) is 0 Å². The highest BCUT2D eigenvalue weighted by Crippen LogP contribution is 2.40. The predicted molar refractivity (Wildman–Crippen MR) is 55.9 cm³/mol. The Balaban J connectivity index is 2.29. The molecule has 1 fully saturated rings. The lowest BCUT2D eigenvalue weighted by Crippen LogP contribution is -2.32. The number of hydrogen-bond acceptors (Lipinski definition) is 2. The highest BCUT2D eigenvalue weighted by molar-refractivity contribution is 6.30. The first-order valence-corrected chi connectivity index (χ1v) is 5.41. The maximum atomic E-state index is 13.0. The van der Waals surface area contributed by atoms with E-state index >= 15 is 0 Å². The molecule has 0 amide bonds. The molecule has 2 rings (SSSR count). The van der Waals surface area contributed by atoms with Crippen LogP contribution in [0.4, 0.5) is 13.2 Å². The van der Waals surface area contributed by atoms with E-state index in [-0.39, 0.29) is 18.8 Å². The van der Waals surface area contributed by atoms with Crippen molar-refractivity contribution in [2.24, 2.45) is 0 Å². The lowest BCUT2D eigenvalue weighted by Gasteiger charge is -2.25. The van der Waals surface area contributed by atoms with E-state index in [0.29, 0.717) is 5.02 Å². The van der Waals surface area contributed by atoms with Crippen LogP contribution < -0.4 is 0 Å². The lowest BCUT2D eigenvalue weighted by molar-refractivity contribution is -0.207. The molecule has 0 aromatic heterocycles. The van der Waals surface area contributed by atoms with Crippen LogP contribution in [0.1, 0.15) is 11.5 Å². The summed E-state index contributed by atoms with van der Waals surface area (Å²) in [6.45, 7) is 0.371. The van der Waals surface area contributed by atoms with Crippen molar-refractivity contribution in [3.05, 3.63) is 34.9 Å². The summed E-state index contributed by atoms with van der Waals surface area (Å²) >= 11 is 5.65. The number of hydrogen-bond donors (Lipinski definition) is 0. The van der Waals surface area contributed by atoms with Gasteiger partial charge in [-0.1, -0.05) is 23.7 Å². The van der Waals surface area contributed by atoms with E-state index in [9.17, 15) is 13.2 Å². The van der Waals surface area contributed by atoms with Gasteiger partial charge in [-0.2, -0.15) is 13.2 Å². The minimum atomic E-state index is -4.41. The molecule has 0 N–H and O–H groups in total. The molecule has 6 heteroatoms. The summed E-state index contributed by atoms with van der Waals surface area (Å²) in [6, 6.07) is 5.52. The van der Waals surface area contributed by atoms with Crippen molar-refractivity contribution >= 4 is 11.6 Å². The van der Waals surface area contributed by atoms with Crippen molar-refractivity contribution in [3.63, 3.8) is 0 Å². The van der Waals surface area contributed by atoms with Gasteiger partial charge in [-0.3, -0.25) is 0 Å². The topological polar surface area (TPSA) is 18.5 Å². The molecule has 1 aromatic carbocycles. The Labute approximate surface area is 101 Å². The summed E-state index contributed by atoms with van der Waals surface area (Å²) < 4.78 is 48.8. The van der Waals surface area contributed by atoms with Gasteiger partial charge in [0.1, 0.15) is 5.92 Å². The van der Waals surface area contributed by atoms with Gasteiger partial charge in [0.15, 0.2) is 6.29 Å². The van der Waals surface area contributed by atoms with Crippen LogP contribution in [-0.2, 0) is 9.47 Å². The van der Waals surface area contributed by atoms with Gasteiger partial charge in [-0.05, 0) is 17.7 Å². The van der Waals surface area contributed by atoms with E-state index in [2.05, 4.69) is 0 Å². The summed E-state index contributed by atoms with van der Waals surface area (Å²) in [4.78, 5) is 0. The Morgan fingerprint density at radius 3 is 2.12 bits per heavy atom. The van der Waals surface area contributed by atoms with Gasteiger partial charge >= 0.3 is 6.18 Å². The molecule has 0 unspecified atom stereocenters. The minimum Gasteiger partial charge on any atom is -0.349 e. The van der Waals surface area contributed by atoms with Gasteiger partial charge in [0.2, 0.25) is 0 Å². The van der Waals surface area contributed by atoms with Crippen molar-refractivity contribution in [1.82, 2.24) is 0 Å². The average molecular weight is 267 g/mol. The summed E-state index contributed by atoms with van der Waals surface area (Å²) in [6.07, 6.45) is -5.68. The van der Waals surface area contributed by atoms with E-state index < -0.39 is 18.4 Å². The second kappa shape index (κ2) is 4.84. The summed E-state index contributed by atoms with van der Waals surface area (Å²) in [5, 5.41) is 0.392. The van der Waals surface area contributed by atoms with Crippen LogP contribution in [-0.4, -0.2) is 25.7 Å². The number of ether oxygens (including phenoxy) is 2.